The summed E-state index contributed by atoms with van der Waals surface area (Å²) < 4.78 is 26.7. The first-order chi connectivity index (χ1) is 6.61. The minimum atomic E-state index is -3.01. The van der Waals surface area contributed by atoms with E-state index in [-0.39, 0.29) is 17.7 Å². The maximum absolute atomic E-state index is 13.4. The quantitative estimate of drug-likeness (QED) is 0.803. The van der Waals surface area contributed by atoms with Crippen LogP contribution in [0.5, 0.6) is 0 Å². The number of hydrogen-bond donors (Lipinski definition) is 1. The second kappa shape index (κ2) is 4.16. The van der Waals surface area contributed by atoms with Crippen LogP contribution in [0.4, 0.5) is 8.78 Å². The molecule has 0 fully saturated rings. The first-order valence-electron chi connectivity index (χ1n) is 4.19. The van der Waals surface area contributed by atoms with Crippen molar-refractivity contribution in [2.24, 2.45) is 5.73 Å². The molecule has 0 heterocycles. The molecule has 0 aliphatic carbocycles. The van der Waals surface area contributed by atoms with E-state index in [0.29, 0.717) is 0 Å². The third kappa shape index (κ3) is 2.06. The van der Waals surface area contributed by atoms with Crippen LogP contribution in [0.15, 0.2) is 24.3 Å². The van der Waals surface area contributed by atoms with Crippen molar-refractivity contribution in [2.75, 3.05) is 6.54 Å². The number of alkyl halides is 2. The fourth-order valence-corrected chi connectivity index (χ4v) is 1.22. The fourth-order valence-electron chi connectivity index (χ4n) is 1.22. The summed E-state index contributed by atoms with van der Waals surface area (Å²) in [6.07, 6.45) is -0.439. The number of hydrogen-bond acceptors (Lipinski definition) is 2. The molecular weight excluding hydrogens is 186 g/mol. The molecule has 0 aliphatic heterocycles. The second-order valence-electron chi connectivity index (χ2n) is 2.90. The predicted molar refractivity (Wildman–Crippen MR) is 48.7 cm³/mol. The van der Waals surface area contributed by atoms with Gasteiger partial charge in [0.1, 0.15) is 0 Å². The van der Waals surface area contributed by atoms with Crippen molar-refractivity contribution in [1.29, 1.82) is 5.26 Å². The van der Waals surface area contributed by atoms with Crippen LogP contribution >= 0.6 is 0 Å². The number of benzene rings is 1. The van der Waals surface area contributed by atoms with Gasteiger partial charge in [0.25, 0.3) is 5.92 Å². The van der Waals surface area contributed by atoms with Gasteiger partial charge in [0, 0.05) is 12.0 Å². The van der Waals surface area contributed by atoms with Gasteiger partial charge in [-0.2, -0.15) is 5.26 Å². The molecule has 0 saturated carbocycles. The third-order valence-electron chi connectivity index (χ3n) is 1.90. The number of nitrogens with zero attached hydrogens (tertiary/aromatic N) is 1. The van der Waals surface area contributed by atoms with E-state index in [0.717, 1.165) is 0 Å². The highest BCUT2D eigenvalue weighted by molar-refractivity contribution is 5.39. The van der Waals surface area contributed by atoms with Gasteiger partial charge in [-0.15, -0.1) is 0 Å². The van der Waals surface area contributed by atoms with E-state index in [1.807, 2.05) is 0 Å². The molecule has 4 heteroatoms. The molecule has 2 N–H and O–H groups in total. The maximum atomic E-state index is 13.4. The van der Waals surface area contributed by atoms with Crippen LogP contribution in [0.25, 0.3) is 0 Å². The summed E-state index contributed by atoms with van der Waals surface area (Å²) in [6, 6.07) is 7.42. The second-order valence-corrected chi connectivity index (χ2v) is 2.90. The van der Waals surface area contributed by atoms with E-state index < -0.39 is 12.3 Å². The van der Waals surface area contributed by atoms with E-state index in [1.54, 1.807) is 12.1 Å². The Hall–Kier alpha value is -1.47. The van der Waals surface area contributed by atoms with Gasteiger partial charge >= 0.3 is 0 Å². The Morgan fingerprint density at radius 1 is 1.36 bits per heavy atom. The van der Waals surface area contributed by atoms with Gasteiger partial charge in [0.05, 0.1) is 11.6 Å². The Labute approximate surface area is 81.0 Å². The number of halogens is 2. The standard InChI is InChI=1S/C10H10F2N2/c11-10(12,5-6-13)9-4-2-1-3-8(9)7-14/h1-4H,5-6,13H2. The van der Waals surface area contributed by atoms with Crippen LogP contribution in [0.2, 0.25) is 0 Å². The Morgan fingerprint density at radius 2 is 2.00 bits per heavy atom. The molecule has 14 heavy (non-hydrogen) atoms. The van der Waals surface area contributed by atoms with Crippen molar-refractivity contribution in [2.45, 2.75) is 12.3 Å². The van der Waals surface area contributed by atoms with Crippen LogP contribution in [0, 0.1) is 11.3 Å². The molecule has 0 aromatic heterocycles. The van der Waals surface area contributed by atoms with Crippen molar-refractivity contribution in [1.82, 2.24) is 0 Å². The van der Waals surface area contributed by atoms with Crippen molar-refractivity contribution in [3.63, 3.8) is 0 Å². The predicted octanol–water partition coefficient (Wildman–Crippen LogP) is 2.00. The van der Waals surface area contributed by atoms with Crippen LogP contribution in [0.1, 0.15) is 17.5 Å². The van der Waals surface area contributed by atoms with Crippen LogP contribution < -0.4 is 5.73 Å². The normalized spacial score (nSPS) is 11.0. The molecule has 1 aromatic rings. The first kappa shape index (κ1) is 10.6. The van der Waals surface area contributed by atoms with E-state index in [1.165, 1.54) is 18.2 Å². The lowest BCUT2D eigenvalue weighted by Gasteiger charge is -2.16. The summed E-state index contributed by atoms with van der Waals surface area (Å²) in [5.41, 5.74) is 4.84. The zero-order valence-electron chi connectivity index (χ0n) is 7.50. The zero-order chi connectivity index (χ0) is 10.6. The number of rotatable bonds is 3. The van der Waals surface area contributed by atoms with E-state index in [9.17, 15) is 8.78 Å². The molecule has 0 radical (unpaired) electrons. The van der Waals surface area contributed by atoms with Gasteiger partial charge < -0.3 is 5.73 Å². The summed E-state index contributed by atoms with van der Waals surface area (Å²) in [7, 11) is 0. The zero-order valence-corrected chi connectivity index (χ0v) is 7.50. The summed E-state index contributed by atoms with van der Waals surface area (Å²) in [4.78, 5) is 0. The van der Waals surface area contributed by atoms with E-state index >= 15 is 0 Å². The highest BCUT2D eigenvalue weighted by Crippen LogP contribution is 2.32. The SMILES string of the molecule is N#Cc1ccccc1C(F)(F)CCN. The van der Waals surface area contributed by atoms with Gasteiger partial charge in [-0.05, 0) is 12.6 Å². The Balaban J connectivity index is 3.12. The maximum Gasteiger partial charge on any atom is 0.275 e. The van der Waals surface area contributed by atoms with Crippen LogP contribution in [-0.2, 0) is 5.92 Å². The molecule has 0 amide bonds. The van der Waals surface area contributed by atoms with Gasteiger partial charge in [0.15, 0.2) is 0 Å². The largest absolute Gasteiger partial charge is 0.330 e. The molecule has 0 bridgehead atoms. The summed E-state index contributed by atoms with van der Waals surface area (Å²) in [5, 5.41) is 8.64. The third-order valence-corrected chi connectivity index (χ3v) is 1.90. The topological polar surface area (TPSA) is 49.8 Å². The van der Waals surface area contributed by atoms with Gasteiger partial charge in [-0.3, -0.25) is 0 Å². The smallest absolute Gasteiger partial charge is 0.275 e. The van der Waals surface area contributed by atoms with Gasteiger partial charge in [-0.25, -0.2) is 8.78 Å². The van der Waals surface area contributed by atoms with Crippen molar-refractivity contribution < 1.29 is 8.78 Å². The van der Waals surface area contributed by atoms with E-state index in [4.69, 9.17) is 11.0 Å². The summed E-state index contributed by atoms with van der Waals surface area (Å²) in [6.45, 7) is -0.104. The van der Waals surface area contributed by atoms with Crippen molar-refractivity contribution >= 4 is 0 Å². The highest BCUT2D eigenvalue weighted by Gasteiger charge is 2.32. The minimum absolute atomic E-state index is 0.00551. The molecule has 1 rings (SSSR count). The molecular formula is C10H10F2N2. The fraction of sp³-hybridized carbons (Fsp3) is 0.300. The lowest BCUT2D eigenvalue weighted by Crippen LogP contribution is -2.19. The lowest BCUT2D eigenvalue weighted by molar-refractivity contribution is -0.0109. The van der Waals surface area contributed by atoms with Crippen molar-refractivity contribution in [3.05, 3.63) is 35.4 Å². The molecule has 0 unspecified atom stereocenters. The number of nitrogens with two attached hydrogens (primary N) is 1. The Bertz CT molecular complexity index is 355. The lowest BCUT2D eigenvalue weighted by atomic mass is 10.0. The summed E-state index contributed by atoms with van der Waals surface area (Å²) in [5.74, 6) is -3.01. The average molecular weight is 196 g/mol. The van der Waals surface area contributed by atoms with Crippen LogP contribution in [-0.4, -0.2) is 6.54 Å². The number of nitriles is 1. The molecule has 0 aliphatic rings. The van der Waals surface area contributed by atoms with Gasteiger partial charge in [0.2, 0.25) is 0 Å². The highest BCUT2D eigenvalue weighted by atomic mass is 19.3. The Morgan fingerprint density at radius 3 is 2.57 bits per heavy atom. The molecule has 74 valence electrons. The monoisotopic (exact) mass is 196 g/mol. The minimum Gasteiger partial charge on any atom is -0.330 e. The average Bonchev–Trinajstić information content (AvgIpc) is 2.18. The molecule has 2 nitrogen and oxygen atoms in total. The molecule has 0 atom stereocenters. The van der Waals surface area contributed by atoms with Crippen LogP contribution in [0.3, 0.4) is 0 Å². The molecule has 1 aromatic carbocycles. The molecule has 0 saturated heterocycles. The van der Waals surface area contributed by atoms with Crippen molar-refractivity contribution in [3.8, 4) is 6.07 Å². The van der Waals surface area contributed by atoms with E-state index in [2.05, 4.69) is 0 Å². The van der Waals surface area contributed by atoms with Gasteiger partial charge in [-0.1, -0.05) is 18.2 Å². The molecule has 0 spiro atoms. The summed E-state index contributed by atoms with van der Waals surface area (Å²) >= 11 is 0. The first-order valence-corrected chi connectivity index (χ1v) is 4.19. The Kier molecular flexibility index (Phi) is 3.15.